The second kappa shape index (κ2) is 5.23. The van der Waals surface area contributed by atoms with Crippen LogP contribution in [0.2, 0.25) is 0 Å². The van der Waals surface area contributed by atoms with Crippen LogP contribution in [0.25, 0.3) is 0 Å². The standard InChI is InChI=1S/C19H17NO3/c1-23-19(22)16-15(12-6-3-2-4-7-12)14-9-5-8-13-10-11-20(17(13)14)18(16)21/h2-9,15-16H,10-11H2,1H3/t15-,16+/m0/s1. The summed E-state index contributed by atoms with van der Waals surface area (Å²) in [5.74, 6) is -1.72. The van der Waals surface area contributed by atoms with Crippen LogP contribution in [0.15, 0.2) is 48.5 Å². The second-order valence-electron chi connectivity index (χ2n) is 5.98. The van der Waals surface area contributed by atoms with E-state index in [1.54, 1.807) is 4.90 Å². The van der Waals surface area contributed by atoms with Crippen LogP contribution in [0, 0.1) is 5.92 Å². The Balaban J connectivity index is 1.96. The first-order valence-electron chi connectivity index (χ1n) is 7.78. The van der Waals surface area contributed by atoms with Crippen LogP contribution in [0.1, 0.15) is 22.6 Å². The number of carbonyl (C=O) groups excluding carboxylic acids is 2. The molecular weight excluding hydrogens is 290 g/mol. The van der Waals surface area contributed by atoms with Crippen molar-refractivity contribution in [3.63, 3.8) is 0 Å². The molecule has 23 heavy (non-hydrogen) atoms. The van der Waals surface area contributed by atoms with Crippen molar-refractivity contribution in [2.24, 2.45) is 5.92 Å². The number of benzene rings is 2. The van der Waals surface area contributed by atoms with Gasteiger partial charge in [0.1, 0.15) is 5.92 Å². The molecule has 0 aliphatic carbocycles. The number of rotatable bonds is 2. The summed E-state index contributed by atoms with van der Waals surface area (Å²) in [5, 5.41) is 0. The number of nitrogens with zero attached hydrogens (tertiary/aromatic N) is 1. The average Bonchev–Trinajstić information content (AvgIpc) is 3.03. The Hall–Kier alpha value is -2.62. The minimum Gasteiger partial charge on any atom is -0.468 e. The minimum atomic E-state index is -0.816. The predicted octanol–water partition coefficient (Wildman–Crippen LogP) is 2.51. The van der Waals surface area contributed by atoms with Crippen LogP contribution in [-0.4, -0.2) is 25.5 Å². The third-order valence-corrected chi connectivity index (χ3v) is 4.84. The number of esters is 1. The van der Waals surface area contributed by atoms with Gasteiger partial charge in [-0.3, -0.25) is 9.59 Å². The fourth-order valence-corrected chi connectivity index (χ4v) is 3.84. The van der Waals surface area contributed by atoms with Crippen molar-refractivity contribution in [3.8, 4) is 0 Å². The van der Waals surface area contributed by atoms with E-state index in [1.165, 1.54) is 12.7 Å². The molecule has 0 aromatic heterocycles. The molecule has 4 heteroatoms. The van der Waals surface area contributed by atoms with E-state index in [0.717, 1.165) is 23.2 Å². The lowest BCUT2D eigenvalue weighted by atomic mass is 9.76. The van der Waals surface area contributed by atoms with Crippen molar-refractivity contribution in [2.45, 2.75) is 12.3 Å². The summed E-state index contributed by atoms with van der Waals surface area (Å²) in [7, 11) is 1.34. The molecule has 2 atom stereocenters. The third kappa shape index (κ3) is 1.98. The summed E-state index contributed by atoms with van der Waals surface area (Å²) in [6.45, 7) is 0.639. The molecule has 0 saturated heterocycles. The molecule has 116 valence electrons. The van der Waals surface area contributed by atoms with E-state index in [0.29, 0.717) is 6.54 Å². The molecule has 2 aliphatic heterocycles. The number of amides is 1. The van der Waals surface area contributed by atoms with Gasteiger partial charge in [-0.25, -0.2) is 0 Å². The smallest absolute Gasteiger partial charge is 0.319 e. The third-order valence-electron chi connectivity index (χ3n) is 4.84. The van der Waals surface area contributed by atoms with Crippen LogP contribution < -0.4 is 4.90 Å². The highest BCUT2D eigenvalue weighted by atomic mass is 16.5. The van der Waals surface area contributed by atoms with Crippen LogP contribution in [-0.2, 0) is 20.7 Å². The van der Waals surface area contributed by atoms with Crippen LogP contribution in [0.4, 0.5) is 5.69 Å². The van der Waals surface area contributed by atoms with Crippen molar-refractivity contribution in [3.05, 3.63) is 65.2 Å². The van der Waals surface area contributed by atoms with Gasteiger partial charge in [0.05, 0.1) is 12.8 Å². The summed E-state index contributed by atoms with van der Waals surface area (Å²) in [6.07, 6.45) is 0.838. The first kappa shape index (κ1) is 14.0. The number of anilines is 1. The Morgan fingerprint density at radius 1 is 1.13 bits per heavy atom. The molecule has 0 spiro atoms. The molecule has 0 unspecified atom stereocenters. The van der Waals surface area contributed by atoms with E-state index in [2.05, 4.69) is 6.07 Å². The van der Waals surface area contributed by atoms with E-state index in [4.69, 9.17) is 4.74 Å². The maximum absolute atomic E-state index is 13.0. The molecule has 2 aromatic carbocycles. The lowest BCUT2D eigenvalue weighted by Gasteiger charge is -2.36. The zero-order chi connectivity index (χ0) is 16.0. The van der Waals surface area contributed by atoms with Gasteiger partial charge >= 0.3 is 5.97 Å². The quantitative estimate of drug-likeness (QED) is 0.632. The largest absolute Gasteiger partial charge is 0.468 e. The van der Waals surface area contributed by atoms with Crippen molar-refractivity contribution in [1.29, 1.82) is 0 Å². The average molecular weight is 307 g/mol. The molecule has 2 aliphatic rings. The van der Waals surface area contributed by atoms with Gasteiger partial charge in [-0.15, -0.1) is 0 Å². The second-order valence-corrected chi connectivity index (χ2v) is 5.98. The molecule has 0 N–H and O–H groups in total. The van der Waals surface area contributed by atoms with Gasteiger partial charge in [-0.1, -0.05) is 48.5 Å². The maximum Gasteiger partial charge on any atom is 0.319 e. The molecule has 4 rings (SSSR count). The van der Waals surface area contributed by atoms with Crippen LogP contribution in [0.5, 0.6) is 0 Å². The number of ether oxygens (including phenoxy) is 1. The van der Waals surface area contributed by atoms with Gasteiger partial charge in [0, 0.05) is 12.5 Å². The van der Waals surface area contributed by atoms with E-state index in [-0.39, 0.29) is 11.8 Å². The van der Waals surface area contributed by atoms with Crippen LogP contribution >= 0.6 is 0 Å². The van der Waals surface area contributed by atoms with Gasteiger partial charge in [-0.05, 0) is 23.1 Å². The van der Waals surface area contributed by atoms with Gasteiger partial charge in [0.15, 0.2) is 0 Å². The molecular formula is C19H17NO3. The zero-order valence-corrected chi connectivity index (χ0v) is 12.9. The van der Waals surface area contributed by atoms with Crippen molar-refractivity contribution in [2.75, 3.05) is 18.6 Å². The van der Waals surface area contributed by atoms with E-state index < -0.39 is 11.9 Å². The molecule has 0 radical (unpaired) electrons. The fraction of sp³-hybridized carbons (Fsp3) is 0.263. The maximum atomic E-state index is 13.0. The van der Waals surface area contributed by atoms with Gasteiger partial charge in [0.2, 0.25) is 5.91 Å². The highest BCUT2D eigenvalue weighted by Crippen LogP contribution is 2.47. The number of para-hydroxylation sites is 1. The van der Waals surface area contributed by atoms with E-state index in [1.807, 2.05) is 42.5 Å². The predicted molar refractivity (Wildman–Crippen MR) is 86.3 cm³/mol. The van der Waals surface area contributed by atoms with Gasteiger partial charge < -0.3 is 9.64 Å². The number of hydrogen-bond acceptors (Lipinski definition) is 3. The Bertz CT molecular complexity index is 784. The monoisotopic (exact) mass is 307 g/mol. The lowest BCUT2D eigenvalue weighted by Crippen LogP contribution is -2.46. The van der Waals surface area contributed by atoms with Gasteiger partial charge in [-0.2, -0.15) is 0 Å². The zero-order valence-electron chi connectivity index (χ0n) is 12.9. The lowest BCUT2D eigenvalue weighted by molar-refractivity contribution is -0.150. The highest BCUT2D eigenvalue weighted by Gasteiger charge is 2.47. The Morgan fingerprint density at radius 3 is 2.65 bits per heavy atom. The molecule has 2 heterocycles. The van der Waals surface area contributed by atoms with E-state index in [9.17, 15) is 9.59 Å². The van der Waals surface area contributed by atoms with Crippen LogP contribution in [0.3, 0.4) is 0 Å². The number of methoxy groups -OCH3 is 1. The Kier molecular flexibility index (Phi) is 3.18. The molecule has 0 fully saturated rings. The van der Waals surface area contributed by atoms with Crippen molar-refractivity contribution < 1.29 is 14.3 Å². The van der Waals surface area contributed by atoms with Crippen molar-refractivity contribution in [1.82, 2.24) is 0 Å². The molecule has 2 aromatic rings. The van der Waals surface area contributed by atoms with E-state index >= 15 is 0 Å². The Morgan fingerprint density at radius 2 is 1.91 bits per heavy atom. The molecule has 0 bridgehead atoms. The molecule has 4 nitrogen and oxygen atoms in total. The first-order valence-corrected chi connectivity index (χ1v) is 7.78. The number of hydrogen-bond donors (Lipinski definition) is 0. The van der Waals surface area contributed by atoms with Gasteiger partial charge in [0.25, 0.3) is 0 Å². The van der Waals surface area contributed by atoms with Crippen molar-refractivity contribution >= 4 is 17.6 Å². The Labute approximate surface area is 134 Å². The molecule has 1 amide bonds. The highest BCUT2D eigenvalue weighted by molar-refractivity contribution is 6.11. The summed E-state index contributed by atoms with van der Waals surface area (Å²) in [5.41, 5.74) is 4.18. The molecule has 0 saturated carbocycles. The minimum absolute atomic E-state index is 0.150. The normalized spacial score (nSPS) is 22.0. The summed E-state index contributed by atoms with van der Waals surface area (Å²) in [6, 6.07) is 15.8. The number of carbonyl (C=O) groups is 2. The SMILES string of the molecule is COC(=O)[C@H]1C(=O)N2CCc3cccc(c32)[C@@H]1c1ccccc1. The fourth-order valence-electron chi connectivity index (χ4n) is 3.84. The topological polar surface area (TPSA) is 46.6 Å². The first-order chi connectivity index (χ1) is 11.2. The summed E-state index contributed by atoms with van der Waals surface area (Å²) >= 11 is 0. The summed E-state index contributed by atoms with van der Waals surface area (Å²) < 4.78 is 4.95. The summed E-state index contributed by atoms with van der Waals surface area (Å²) in [4.78, 5) is 27.1.